The summed E-state index contributed by atoms with van der Waals surface area (Å²) in [5.74, 6) is 1.96. The highest BCUT2D eigenvalue weighted by Gasteiger charge is 2.27. The number of fused-ring (bicyclic) bond motifs is 3. The van der Waals surface area contributed by atoms with Crippen LogP contribution in [0, 0.1) is 6.92 Å². The van der Waals surface area contributed by atoms with Crippen LogP contribution < -0.4 is 4.90 Å². The Morgan fingerprint density at radius 2 is 2.12 bits per heavy atom. The van der Waals surface area contributed by atoms with E-state index in [2.05, 4.69) is 4.90 Å². The SMILES string of the molecule is Cc1nc(N2CCCC(OCCO)C2)c2c3c(sc2n1)CCCC3. The van der Waals surface area contributed by atoms with Crippen LogP contribution in [0.4, 0.5) is 5.82 Å². The topological polar surface area (TPSA) is 58.5 Å². The molecule has 1 fully saturated rings. The molecule has 0 amide bonds. The Morgan fingerprint density at radius 1 is 1.25 bits per heavy atom. The van der Waals surface area contributed by atoms with Gasteiger partial charge in [-0.2, -0.15) is 0 Å². The fourth-order valence-corrected chi connectivity index (χ4v) is 5.26. The number of hydrogen-bond donors (Lipinski definition) is 1. The zero-order valence-electron chi connectivity index (χ0n) is 14.3. The smallest absolute Gasteiger partial charge is 0.141 e. The minimum atomic E-state index is 0.0887. The lowest BCUT2D eigenvalue weighted by atomic mass is 9.96. The van der Waals surface area contributed by atoms with E-state index < -0.39 is 0 Å². The van der Waals surface area contributed by atoms with E-state index in [9.17, 15) is 0 Å². The summed E-state index contributed by atoms with van der Waals surface area (Å²) < 4.78 is 5.79. The van der Waals surface area contributed by atoms with Crippen LogP contribution in [0.15, 0.2) is 0 Å². The largest absolute Gasteiger partial charge is 0.394 e. The lowest BCUT2D eigenvalue weighted by Gasteiger charge is -2.34. The van der Waals surface area contributed by atoms with Crippen molar-refractivity contribution in [1.29, 1.82) is 0 Å². The fourth-order valence-electron chi connectivity index (χ4n) is 3.96. The van der Waals surface area contributed by atoms with Gasteiger partial charge in [-0.1, -0.05) is 0 Å². The van der Waals surface area contributed by atoms with Crippen molar-refractivity contribution in [2.24, 2.45) is 0 Å². The van der Waals surface area contributed by atoms with E-state index >= 15 is 0 Å². The fraction of sp³-hybridized carbons (Fsp3) is 0.667. The maximum atomic E-state index is 9.00. The number of piperidine rings is 1. The number of aliphatic hydroxyl groups is 1. The molecule has 0 spiro atoms. The van der Waals surface area contributed by atoms with Gasteiger partial charge in [0.1, 0.15) is 16.5 Å². The number of thiophene rings is 1. The van der Waals surface area contributed by atoms with Crippen LogP contribution in [0.5, 0.6) is 0 Å². The predicted octanol–water partition coefficient (Wildman–Crippen LogP) is 2.86. The lowest BCUT2D eigenvalue weighted by molar-refractivity contribution is 0.0214. The second-order valence-corrected chi connectivity index (χ2v) is 7.87. The first-order chi connectivity index (χ1) is 11.8. The summed E-state index contributed by atoms with van der Waals surface area (Å²) >= 11 is 1.86. The molecular weight excluding hydrogens is 322 g/mol. The Kier molecular flexibility index (Phi) is 4.70. The summed E-state index contributed by atoms with van der Waals surface area (Å²) in [6, 6.07) is 0. The number of aromatic nitrogens is 2. The third-order valence-corrected chi connectivity index (χ3v) is 6.22. The molecule has 1 unspecified atom stereocenters. The van der Waals surface area contributed by atoms with Crippen molar-refractivity contribution in [3.8, 4) is 0 Å². The Balaban J connectivity index is 1.71. The zero-order chi connectivity index (χ0) is 16.5. The van der Waals surface area contributed by atoms with Gasteiger partial charge in [-0.15, -0.1) is 11.3 Å². The number of nitrogens with zero attached hydrogens (tertiary/aromatic N) is 3. The molecule has 24 heavy (non-hydrogen) atoms. The van der Waals surface area contributed by atoms with Crippen LogP contribution in [0.1, 0.15) is 41.9 Å². The van der Waals surface area contributed by atoms with Crippen molar-refractivity contribution in [2.75, 3.05) is 31.2 Å². The molecule has 5 nitrogen and oxygen atoms in total. The van der Waals surface area contributed by atoms with E-state index in [0.717, 1.165) is 48.8 Å². The predicted molar refractivity (Wildman–Crippen MR) is 97.1 cm³/mol. The molecule has 1 N–H and O–H groups in total. The van der Waals surface area contributed by atoms with Gasteiger partial charge in [0.15, 0.2) is 0 Å². The number of hydrogen-bond acceptors (Lipinski definition) is 6. The second-order valence-electron chi connectivity index (χ2n) is 6.79. The minimum absolute atomic E-state index is 0.0887. The zero-order valence-corrected chi connectivity index (χ0v) is 15.1. The van der Waals surface area contributed by atoms with Crippen molar-refractivity contribution in [2.45, 2.75) is 51.6 Å². The van der Waals surface area contributed by atoms with Gasteiger partial charge in [0.25, 0.3) is 0 Å². The Labute approximate surface area is 146 Å². The van der Waals surface area contributed by atoms with Gasteiger partial charge in [-0.3, -0.25) is 0 Å². The molecular formula is C18H25N3O2S. The van der Waals surface area contributed by atoms with Gasteiger partial charge in [-0.25, -0.2) is 9.97 Å². The maximum absolute atomic E-state index is 9.00. The first-order valence-electron chi connectivity index (χ1n) is 9.02. The molecule has 0 saturated carbocycles. The van der Waals surface area contributed by atoms with Gasteiger partial charge in [-0.05, 0) is 51.0 Å². The summed E-state index contributed by atoms with van der Waals surface area (Å²) in [6.45, 7) is 4.38. The van der Waals surface area contributed by atoms with E-state index in [1.807, 2.05) is 18.3 Å². The summed E-state index contributed by atoms with van der Waals surface area (Å²) in [7, 11) is 0. The first-order valence-corrected chi connectivity index (χ1v) is 9.84. The first kappa shape index (κ1) is 16.2. The van der Waals surface area contributed by atoms with Crippen LogP contribution in [0.3, 0.4) is 0 Å². The Morgan fingerprint density at radius 3 is 3.00 bits per heavy atom. The number of aryl methyl sites for hydroxylation is 3. The number of ether oxygens (including phenoxy) is 1. The number of rotatable bonds is 4. The molecule has 2 aromatic rings. The monoisotopic (exact) mass is 347 g/mol. The van der Waals surface area contributed by atoms with Crippen molar-refractivity contribution >= 4 is 27.4 Å². The molecule has 0 radical (unpaired) electrons. The Hall–Kier alpha value is -1.24. The normalized spacial score (nSPS) is 21.2. The van der Waals surface area contributed by atoms with E-state index in [4.69, 9.17) is 19.8 Å². The molecule has 0 aromatic carbocycles. The van der Waals surface area contributed by atoms with Gasteiger partial charge in [0.05, 0.1) is 24.7 Å². The van der Waals surface area contributed by atoms with E-state index in [0.29, 0.717) is 6.61 Å². The van der Waals surface area contributed by atoms with Gasteiger partial charge in [0, 0.05) is 18.0 Å². The highest BCUT2D eigenvalue weighted by Crippen LogP contribution is 2.40. The molecule has 1 aliphatic heterocycles. The molecule has 130 valence electrons. The van der Waals surface area contributed by atoms with Crippen molar-refractivity contribution < 1.29 is 9.84 Å². The Bertz CT molecular complexity index is 731. The number of anilines is 1. The van der Waals surface area contributed by atoms with Crippen LogP contribution in [-0.4, -0.2) is 47.5 Å². The molecule has 3 heterocycles. The van der Waals surface area contributed by atoms with Crippen molar-refractivity contribution in [1.82, 2.24) is 9.97 Å². The van der Waals surface area contributed by atoms with Gasteiger partial charge >= 0.3 is 0 Å². The quantitative estimate of drug-likeness (QED) is 0.922. The second kappa shape index (κ2) is 6.94. The average Bonchev–Trinajstić information content (AvgIpc) is 2.97. The number of aliphatic hydroxyl groups excluding tert-OH is 1. The summed E-state index contributed by atoms with van der Waals surface area (Å²) in [4.78, 5) is 14.6. The average molecular weight is 347 g/mol. The summed E-state index contributed by atoms with van der Waals surface area (Å²) in [5, 5.41) is 10.3. The molecule has 4 rings (SSSR count). The molecule has 0 bridgehead atoms. The molecule has 6 heteroatoms. The molecule has 2 aliphatic rings. The third-order valence-electron chi connectivity index (χ3n) is 5.03. The van der Waals surface area contributed by atoms with Crippen molar-refractivity contribution in [3.05, 3.63) is 16.3 Å². The molecule has 1 atom stereocenters. The summed E-state index contributed by atoms with van der Waals surface area (Å²) in [6.07, 6.45) is 7.27. The van der Waals surface area contributed by atoms with E-state index in [-0.39, 0.29) is 12.7 Å². The van der Waals surface area contributed by atoms with Crippen LogP contribution >= 0.6 is 11.3 Å². The molecule has 2 aromatic heterocycles. The van der Waals surface area contributed by atoms with Crippen LogP contribution in [0.2, 0.25) is 0 Å². The highest BCUT2D eigenvalue weighted by atomic mass is 32.1. The minimum Gasteiger partial charge on any atom is -0.394 e. The molecule has 1 aliphatic carbocycles. The lowest BCUT2D eigenvalue weighted by Crippen LogP contribution is -2.40. The maximum Gasteiger partial charge on any atom is 0.141 e. The van der Waals surface area contributed by atoms with E-state index in [1.54, 1.807) is 0 Å². The third kappa shape index (κ3) is 3.03. The summed E-state index contributed by atoms with van der Waals surface area (Å²) in [5.41, 5.74) is 1.50. The van der Waals surface area contributed by atoms with Crippen LogP contribution in [0.25, 0.3) is 10.2 Å². The van der Waals surface area contributed by atoms with Gasteiger partial charge in [0.2, 0.25) is 0 Å². The van der Waals surface area contributed by atoms with E-state index in [1.165, 1.54) is 35.1 Å². The van der Waals surface area contributed by atoms with Crippen LogP contribution in [-0.2, 0) is 17.6 Å². The standard InChI is InChI=1S/C18H25N3O2S/c1-12-19-17(21-8-4-5-13(11-21)23-10-9-22)16-14-6-2-3-7-15(14)24-18(16)20-12/h13,22H,2-11H2,1H3. The molecule has 1 saturated heterocycles. The van der Waals surface area contributed by atoms with Crippen molar-refractivity contribution in [3.63, 3.8) is 0 Å². The van der Waals surface area contributed by atoms with Gasteiger partial charge < -0.3 is 14.7 Å². The highest BCUT2D eigenvalue weighted by molar-refractivity contribution is 7.19.